The quantitative estimate of drug-likeness (QED) is 0.534. The average Bonchev–Trinajstić information content (AvgIpc) is 2.44. The van der Waals surface area contributed by atoms with Gasteiger partial charge >= 0.3 is 5.97 Å². The molecule has 0 aliphatic carbocycles. The number of hydrogen-bond acceptors (Lipinski definition) is 3. The molecular weight excluding hydrogens is 276 g/mol. The van der Waals surface area contributed by atoms with Gasteiger partial charge in [0.15, 0.2) is 0 Å². The number of benzene rings is 1. The van der Waals surface area contributed by atoms with Crippen molar-refractivity contribution in [1.29, 1.82) is 0 Å². The summed E-state index contributed by atoms with van der Waals surface area (Å²) in [6.45, 7) is 6.50. The Morgan fingerprint density at radius 2 is 1.90 bits per heavy atom. The number of rotatable bonds is 8. The highest BCUT2D eigenvalue weighted by Gasteiger charge is 2.13. The molecule has 0 unspecified atom stereocenters. The first-order valence-corrected chi connectivity index (χ1v) is 7.58. The molecule has 0 radical (unpaired) electrons. The zero-order valence-electron chi connectivity index (χ0n) is 12.4. The van der Waals surface area contributed by atoms with E-state index < -0.39 is 6.10 Å². The SMILES string of the molecule is CCCC(=O)O[C@H](CCl)COc1ccc(C(C)C)cc1. The van der Waals surface area contributed by atoms with Gasteiger partial charge in [0.1, 0.15) is 18.5 Å². The Bertz CT molecular complexity index is 401. The summed E-state index contributed by atoms with van der Waals surface area (Å²) in [6.07, 6.45) is 0.780. The lowest BCUT2D eigenvalue weighted by Gasteiger charge is -2.16. The summed E-state index contributed by atoms with van der Waals surface area (Å²) in [5.41, 5.74) is 1.26. The predicted octanol–water partition coefficient (Wildman–Crippen LogP) is 4.14. The van der Waals surface area contributed by atoms with E-state index >= 15 is 0 Å². The molecule has 0 aromatic heterocycles. The van der Waals surface area contributed by atoms with Crippen LogP contribution in [0.1, 0.15) is 45.1 Å². The molecule has 0 aliphatic rings. The van der Waals surface area contributed by atoms with Crippen molar-refractivity contribution in [3.63, 3.8) is 0 Å². The van der Waals surface area contributed by atoms with Gasteiger partial charge in [-0.25, -0.2) is 0 Å². The van der Waals surface area contributed by atoms with Crippen molar-refractivity contribution in [2.45, 2.75) is 45.6 Å². The topological polar surface area (TPSA) is 35.5 Å². The number of carbonyl (C=O) groups excluding carboxylic acids is 1. The van der Waals surface area contributed by atoms with E-state index in [0.717, 1.165) is 12.2 Å². The highest BCUT2D eigenvalue weighted by molar-refractivity contribution is 6.18. The first-order chi connectivity index (χ1) is 9.56. The minimum absolute atomic E-state index is 0.225. The fourth-order valence-electron chi connectivity index (χ4n) is 1.70. The fourth-order valence-corrected chi connectivity index (χ4v) is 1.85. The minimum Gasteiger partial charge on any atom is -0.490 e. The van der Waals surface area contributed by atoms with Gasteiger partial charge < -0.3 is 9.47 Å². The number of hydrogen-bond donors (Lipinski definition) is 0. The summed E-state index contributed by atoms with van der Waals surface area (Å²) in [5.74, 6) is 1.27. The van der Waals surface area contributed by atoms with Gasteiger partial charge in [0.05, 0.1) is 5.88 Å². The molecule has 0 spiro atoms. The molecule has 3 nitrogen and oxygen atoms in total. The van der Waals surface area contributed by atoms with Crippen LogP contribution in [0.4, 0.5) is 0 Å². The molecule has 0 amide bonds. The van der Waals surface area contributed by atoms with Gasteiger partial charge in [-0.05, 0) is 30.0 Å². The van der Waals surface area contributed by atoms with Crippen LogP contribution >= 0.6 is 11.6 Å². The second kappa shape index (κ2) is 8.85. The number of esters is 1. The molecule has 112 valence electrons. The molecule has 0 heterocycles. The third-order valence-electron chi connectivity index (χ3n) is 2.91. The van der Waals surface area contributed by atoms with E-state index in [1.165, 1.54) is 5.56 Å². The molecule has 0 saturated heterocycles. The Hall–Kier alpha value is -1.22. The van der Waals surface area contributed by atoms with Crippen LogP contribution in [-0.4, -0.2) is 24.6 Å². The first kappa shape index (κ1) is 16.8. The van der Waals surface area contributed by atoms with Crippen molar-refractivity contribution in [2.75, 3.05) is 12.5 Å². The first-order valence-electron chi connectivity index (χ1n) is 7.05. The number of halogens is 1. The van der Waals surface area contributed by atoms with Crippen LogP contribution in [0, 0.1) is 0 Å². The molecule has 0 bridgehead atoms. The smallest absolute Gasteiger partial charge is 0.306 e. The zero-order chi connectivity index (χ0) is 15.0. The molecule has 0 saturated carbocycles. The van der Waals surface area contributed by atoms with Crippen molar-refractivity contribution in [1.82, 2.24) is 0 Å². The molecule has 1 atom stereocenters. The Morgan fingerprint density at radius 1 is 1.25 bits per heavy atom. The Balaban J connectivity index is 2.45. The standard InChI is InChI=1S/C16H23ClO3/c1-4-5-16(18)20-15(10-17)11-19-14-8-6-13(7-9-14)12(2)3/h6-9,12,15H,4-5,10-11H2,1-3H3/t15-/m1/s1. The van der Waals surface area contributed by atoms with Gasteiger partial charge in [-0.1, -0.05) is 32.9 Å². The van der Waals surface area contributed by atoms with Crippen molar-refractivity contribution >= 4 is 17.6 Å². The number of alkyl halides is 1. The van der Waals surface area contributed by atoms with Crippen LogP contribution in [0.25, 0.3) is 0 Å². The van der Waals surface area contributed by atoms with E-state index in [0.29, 0.717) is 12.3 Å². The number of ether oxygens (including phenoxy) is 2. The molecule has 1 aromatic rings. The maximum absolute atomic E-state index is 11.4. The maximum atomic E-state index is 11.4. The highest BCUT2D eigenvalue weighted by atomic mass is 35.5. The Labute approximate surface area is 126 Å². The van der Waals surface area contributed by atoms with E-state index in [-0.39, 0.29) is 18.5 Å². The minimum atomic E-state index is -0.402. The van der Waals surface area contributed by atoms with E-state index in [2.05, 4.69) is 13.8 Å². The zero-order valence-corrected chi connectivity index (χ0v) is 13.2. The maximum Gasteiger partial charge on any atom is 0.306 e. The lowest BCUT2D eigenvalue weighted by atomic mass is 10.0. The summed E-state index contributed by atoms with van der Waals surface area (Å²) < 4.78 is 10.8. The van der Waals surface area contributed by atoms with Crippen molar-refractivity contribution in [2.24, 2.45) is 0 Å². The summed E-state index contributed by atoms with van der Waals surface area (Å²) >= 11 is 5.79. The Morgan fingerprint density at radius 3 is 2.40 bits per heavy atom. The Kier molecular flexibility index (Phi) is 7.45. The molecule has 0 N–H and O–H groups in total. The van der Waals surface area contributed by atoms with E-state index in [9.17, 15) is 4.79 Å². The largest absolute Gasteiger partial charge is 0.490 e. The average molecular weight is 299 g/mol. The van der Waals surface area contributed by atoms with Gasteiger partial charge in [-0.3, -0.25) is 4.79 Å². The summed E-state index contributed by atoms with van der Waals surface area (Å²) in [7, 11) is 0. The third-order valence-corrected chi connectivity index (χ3v) is 3.25. The van der Waals surface area contributed by atoms with Crippen LogP contribution < -0.4 is 4.74 Å². The van der Waals surface area contributed by atoms with E-state index in [4.69, 9.17) is 21.1 Å². The van der Waals surface area contributed by atoms with E-state index in [1.807, 2.05) is 31.2 Å². The van der Waals surface area contributed by atoms with Gasteiger partial charge in [0.2, 0.25) is 0 Å². The van der Waals surface area contributed by atoms with Gasteiger partial charge in [0, 0.05) is 6.42 Å². The summed E-state index contributed by atoms with van der Waals surface area (Å²) in [6, 6.07) is 7.93. The lowest BCUT2D eigenvalue weighted by molar-refractivity contribution is -0.149. The molecule has 0 fully saturated rings. The molecule has 1 aromatic carbocycles. The monoisotopic (exact) mass is 298 g/mol. The van der Waals surface area contributed by atoms with Gasteiger partial charge in [0.25, 0.3) is 0 Å². The van der Waals surface area contributed by atoms with Crippen molar-refractivity contribution in [3.05, 3.63) is 29.8 Å². The normalized spacial score (nSPS) is 12.2. The predicted molar refractivity (Wildman–Crippen MR) is 81.5 cm³/mol. The second-order valence-corrected chi connectivity index (χ2v) is 5.36. The molecule has 20 heavy (non-hydrogen) atoms. The molecule has 0 aliphatic heterocycles. The van der Waals surface area contributed by atoms with Crippen LogP contribution in [0.15, 0.2) is 24.3 Å². The van der Waals surface area contributed by atoms with Gasteiger partial charge in [-0.2, -0.15) is 0 Å². The van der Waals surface area contributed by atoms with Crippen LogP contribution in [0.2, 0.25) is 0 Å². The molecule has 1 rings (SSSR count). The molecule has 4 heteroatoms. The van der Waals surface area contributed by atoms with Crippen molar-refractivity contribution in [3.8, 4) is 5.75 Å². The summed E-state index contributed by atoms with van der Waals surface area (Å²) in [5, 5.41) is 0. The third kappa shape index (κ3) is 5.83. The van der Waals surface area contributed by atoms with Crippen LogP contribution in [0.3, 0.4) is 0 Å². The summed E-state index contributed by atoms with van der Waals surface area (Å²) in [4.78, 5) is 11.4. The lowest BCUT2D eigenvalue weighted by Crippen LogP contribution is -2.26. The van der Waals surface area contributed by atoms with Gasteiger partial charge in [-0.15, -0.1) is 11.6 Å². The number of carbonyl (C=O) groups is 1. The van der Waals surface area contributed by atoms with Crippen molar-refractivity contribution < 1.29 is 14.3 Å². The van der Waals surface area contributed by atoms with E-state index in [1.54, 1.807) is 0 Å². The van der Waals surface area contributed by atoms with Crippen LogP contribution in [0.5, 0.6) is 5.75 Å². The molecular formula is C16H23ClO3. The fraction of sp³-hybridized carbons (Fsp3) is 0.562. The highest BCUT2D eigenvalue weighted by Crippen LogP contribution is 2.19. The van der Waals surface area contributed by atoms with Crippen LogP contribution in [-0.2, 0) is 9.53 Å². The second-order valence-electron chi connectivity index (χ2n) is 5.05.